The molecule has 2 N–H and O–H groups in total. The molecule has 0 amide bonds. The zero-order chi connectivity index (χ0) is 13.8. The Labute approximate surface area is 112 Å². The van der Waals surface area contributed by atoms with E-state index in [0.717, 1.165) is 30.8 Å². The summed E-state index contributed by atoms with van der Waals surface area (Å²) in [7, 11) is 1.75. The Morgan fingerprint density at radius 2 is 2.05 bits per heavy atom. The molecular formula is C13H19N3O3. The standard InChI is InChI=1S/C13H19N3O3/c1-3-19-13-7-11(8-13)15-10-4-9(14-2)5-12(6-10)16(17)18/h4-6,11,13-15H,3,7-8H2,1-2H3. The molecule has 0 bridgehead atoms. The molecule has 1 aliphatic carbocycles. The summed E-state index contributed by atoms with van der Waals surface area (Å²) < 4.78 is 5.49. The van der Waals surface area contributed by atoms with Gasteiger partial charge in [-0.2, -0.15) is 0 Å². The lowest BCUT2D eigenvalue weighted by atomic mass is 9.89. The molecule has 1 aromatic rings. The van der Waals surface area contributed by atoms with Crippen molar-refractivity contribution >= 4 is 17.1 Å². The molecule has 1 aromatic carbocycles. The number of benzene rings is 1. The molecule has 2 rings (SSSR count). The predicted octanol–water partition coefficient (Wildman–Crippen LogP) is 2.62. The Morgan fingerprint density at radius 1 is 1.37 bits per heavy atom. The first-order valence-electron chi connectivity index (χ1n) is 6.47. The molecule has 1 fully saturated rings. The Morgan fingerprint density at radius 3 is 2.63 bits per heavy atom. The number of nitro groups is 1. The number of anilines is 2. The van der Waals surface area contributed by atoms with Crippen LogP contribution in [0.25, 0.3) is 0 Å². The summed E-state index contributed by atoms with van der Waals surface area (Å²) in [5.41, 5.74) is 1.60. The van der Waals surface area contributed by atoms with Gasteiger partial charge < -0.3 is 15.4 Å². The molecule has 6 nitrogen and oxygen atoms in total. The lowest BCUT2D eigenvalue weighted by Gasteiger charge is -2.36. The normalized spacial score (nSPS) is 21.6. The van der Waals surface area contributed by atoms with Crippen LogP contribution in [0.4, 0.5) is 17.1 Å². The van der Waals surface area contributed by atoms with E-state index in [9.17, 15) is 10.1 Å². The summed E-state index contributed by atoms with van der Waals surface area (Å²) in [6, 6.07) is 5.30. The zero-order valence-electron chi connectivity index (χ0n) is 11.2. The highest BCUT2D eigenvalue weighted by molar-refractivity contribution is 5.63. The third kappa shape index (κ3) is 3.35. The first-order chi connectivity index (χ1) is 9.12. The number of non-ortho nitro benzene ring substituents is 1. The molecule has 0 atom stereocenters. The third-order valence-electron chi connectivity index (χ3n) is 3.29. The fourth-order valence-electron chi connectivity index (χ4n) is 2.24. The molecule has 0 saturated heterocycles. The summed E-state index contributed by atoms with van der Waals surface area (Å²) in [6.07, 6.45) is 2.22. The van der Waals surface area contributed by atoms with Crippen molar-refractivity contribution in [2.75, 3.05) is 24.3 Å². The van der Waals surface area contributed by atoms with E-state index in [1.54, 1.807) is 13.1 Å². The van der Waals surface area contributed by atoms with Gasteiger partial charge in [0.05, 0.1) is 11.0 Å². The number of nitrogens with zero attached hydrogens (tertiary/aromatic N) is 1. The Balaban J connectivity index is 2.00. The lowest BCUT2D eigenvalue weighted by molar-refractivity contribution is -0.384. The summed E-state index contributed by atoms with van der Waals surface area (Å²) in [6.45, 7) is 2.72. The average Bonchev–Trinajstić information content (AvgIpc) is 2.35. The number of ether oxygens (including phenoxy) is 1. The van der Waals surface area contributed by atoms with Crippen molar-refractivity contribution in [2.24, 2.45) is 0 Å². The van der Waals surface area contributed by atoms with Crippen LogP contribution in [0.3, 0.4) is 0 Å². The number of nitro benzene ring substituents is 1. The van der Waals surface area contributed by atoms with E-state index in [0.29, 0.717) is 12.1 Å². The number of hydrogen-bond acceptors (Lipinski definition) is 5. The highest BCUT2D eigenvalue weighted by atomic mass is 16.6. The van der Waals surface area contributed by atoms with E-state index in [-0.39, 0.29) is 10.6 Å². The van der Waals surface area contributed by atoms with Crippen LogP contribution in [0.1, 0.15) is 19.8 Å². The van der Waals surface area contributed by atoms with E-state index >= 15 is 0 Å². The van der Waals surface area contributed by atoms with Crippen LogP contribution in [0.5, 0.6) is 0 Å². The number of rotatable bonds is 6. The molecule has 6 heteroatoms. The Hall–Kier alpha value is -1.82. The van der Waals surface area contributed by atoms with Gasteiger partial charge in [0.1, 0.15) is 0 Å². The second-order valence-electron chi connectivity index (χ2n) is 4.67. The first-order valence-corrected chi connectivity index (χ1v) is 6.47. The van der Waals surface area contributed by atoms with Gasteiger partial charge in [-0.1, -0.05) is 0 Å². The Kier molecular flexibility index (Phi) is 4.21. The van der Waals surface area contributed by atoms with Gasteiger partial charge in [0.15, 0.2) is 0 Å². The summed E-state index contributed by atoms with van der Waals surface area (Å²) in [4.78, 5) is 10.5. The van der Waals surface area contributed by atoms with Crippen molar-refractivity contribution in [2.45, 2.75) is 31.9 Å². The highest BCUT2D eigenvalue weighted by Gasteiger charge is 2.29. The van der Waals surface area contributed by atoms with Crippen LogP contribution in [0.2, 0.25) is 0 Å². The van der Waals surface area contributed by atoms with Crippen molar-refractivity contribution in [1.82, 2.24) is 0 Å². The molecule has 0 radical (unpaired) electrons. The first kappa shape index (κ1) is 13.6. The van der Waals surface area contributed by atoms with Crippen molar-refractivity contribution in [3.05, 3.63) is 28.3 Å². The average molecular weight is 265 g/mol. The van der Waals surface area contributed by atoms with E-state index in [1.165, 1.54) is 6.07 Å². The smallest absolute Gasteiger partial charge is 0.273 e. The SMILES string of the molecule is CCOC1CC(Nc2cc(NC)cc([N+](=O)[O-])c2)C1. The highest BCUT2D eigenvalue weighted by Crippen LogP contribution is 2.30. The zero-order valence-corrected chi connectivity index (χ0v) is 11.2. The molecule has 0 heterocycles. The van der Waals surface area contributed by atoms with E-state index in [2.05, 4.69) is 10.6 Å². The van der Waals surface area contributed by atoms with Crippen molar-refractivity contribution < 1.29 is 9.66 Å². The van der Waals surface area contributed by atoms with Gasteiger partial charge in [-0.05, 0) is 25.8 Å². The van der Waals surface area contributed by atoms with E-state index in [4.69, 9.17) is 4.74 Å². The summed E-state index contributed by atoms with van der Waals surface area (Å²) in [5, 5.41) is 17.1. The maximum Gasteiger partial charge on any atom is 0.273 e. The van der Waals surface area contributed by atoms with Gasteiger partial charge >= 0.3 is 0 Å². The Bertz CT molecular complexity index is 458. The van der Waals surface area contributed by atoms with Crippen LogP contribution in [-0.2, 0) is 4.74 Å². The second-order valence-corrected chi connectivity index (χ2v) is 4.67. The largest absolute Gasteiger partial charge is 0.388 e. The molecule has 1 aliphatic rings. The lowest BCUT2D eigenvalue weighted by Crippen LogP contribution is -2.40. The molecule has 19 heavy (non-hydrogen) atoms. The molecule has 0 unspecified atom stereocenters. The molecular weight excluding hydrogens is 246 g/mol. The van der Waals surface area contributed by atoms with Gasteiger partial charge in [-0.25, -0.2) is 0 Å². The van der Waals surface area contributed by atoms with Crippen molar-refractivity contribution in [1.29, 1.82) is 0 Å². The number of nitrogens with one attached hydrogen (secondary N) is 2. The summed E-state index contributed by atoms with van der Waals surface area (Å²) in [5.74, 6) is 0. The van der Waals surface area contributed by atoms with Crippen molar-refractivity contribution in [3.8, 4) is 0 Å². The van der Waals surface area contributed by atoms with Crippen LogP contribution >= 0.6 is 0 Å². The quantitative estimate of drug-likeness (QED) is 0.610. The van der Waals surface area contributed by atoms with E-state index in [1.807, 2.05) is 13.0 Å². The fraction of sp³-hybridized carbons (Fsp3) is 0.538. The molecule has 1 saturated carbocycles. The van der Waals surface area contributed by atoms with Crippen LogP contribution in [-0.4, -0.2) is 30.7 Å². The van der Waals surface area contributed by atoms with Gasteiger partial charge in [0, 0.05) is 43.2 Å². The van der Waals surface area contributed by atoms with Gasteiger partial charge in [-0.3, -0.25) is 10.1 Å². The minimum absolute atomic E-state index is 0.0926. The van der Waals surface area contributed by atoms with Crippen LogP contribution in [0, 0.1) is 10.1 Å². The minimum atomic E-state index is -0.379. The predicted molar refractivity (Wildman–Crippen MR) is 74.7 cm³/mol. The topological polar surface area (TPSA) is 76.4 Å². The van der Waals surface area contributed by atoms with Gasteiger partial charge in [0.25, 0.3) is 5.69 Å². The molecule has 0 spiro atoms. The summed E-state index contributed by atoms with van der Waals surface area (Å²) >= 11 is 0. The molecule has 104 valence electrons. The molecule has 0 aliphatic heterocycles. The van der Waals surface area contributed by atoms with Gasteiger partial charge in [-0.15, -0.1) is 0 Å². The van der Waals surface area contributed by atoms with Gasteiger partial charge in [0.2, 0.25) is 0 Å². The molecule has 0 aromatic heterocycles. The maximum absolute atomic E-state index is 10.9. The van der Waals surface area contributed by atoms with Crippen molar-refractivity contribution in [3.63, 3.8) is 0 Å². The maximum atomic E-state index is 10.9. The van der Waals surface area contributed by atoms with Crippen LogP contribution < -0.4 is 10.6 Å². The minimum Gasteiger partial charge on any atom is -0.388 e. The fourth-order valence-corrected chi connectivity index (χ4v) is 2.24. The second kappa shape index (κ2) is 5.88. The van der Waals surface area contributed by atoms with Crippen LogP contribution in [0.15, 0.2) is 18.2 Å². The third-order valence-corrected chi connectivity index (χ3v) is 3.29. The van der Waals surface area contributed by atoms with E-state index < -0.39 is 0 Å². The number of hydrogen-bond donors (Lipinski definition) is 2. The monoisotopic (exact) mass is 265 g/mol.